The van der Waals surface area contributed by atoms with E-state index in [9.17, 15) is 0 Å². The number of aryl methyl sites for hydroxylation is 1. The van der Waals surface area contributed by atoms with Gasteiger partial charge >= 0.3 is 0 Å². The molecule has 0 aromatic carbocycles. The smallest absolute Gasteiger partial charge is 0.123 e. The van der Waals surface area contributed by atoms with E-state index < -0.39 is 0 Å². The van der Waals surface area contributed by atoms with E-state index in [0.717, 1.165) is 25.1 Å². The first-order valence-electron chi connectivity index (χ1n) is 6.47. The molecule has 1 atom stereocenters. The normalized spacial score (nSPS) is 12.6. The zero-order valence-electron chi connectivity index (χ0n) is 11.0. The molecule has 18 heavy (non-hydrogen) atoms. The van der Waals surface area contributed by atoms with Gasteiger partial charge in [-0.05, 0) is 49.6 Å². The van der Waals surface area contributed by atoms with Gasteiger partial charge in [0.1, 0.15) is 5.76 Å². The topological polar surface area (TPSA) is 38.1 Å². The third-order valence-electron chi connectivity index (χ3n) is 3.02. The van der Waals surface area contributed by atoms with Crippen molar-refractivity contribution in [2.45, 2.75) is 32.7 Å². The maximum absolute atomic E-state index is 5.61. The lowest BCUT2D eigenvalue weighted by atomic mass is 10.0. The number of nitrogens with zero attached hydrogens (tertiary/aromatic N) is 1. The van der Waals surface area contributed by atoms with E-state index in [1.165, 1.54) is 11.1 Å². The van der Waals surface area contributed by atoms with Crippen molar-refractivity contribution in [3.8, 4) is 0 Å². The molecule has 2 rings (SSSR count). The number of pyridine rings is 1. The summed E-state index contributed by atoms with van der Waals surface area (Å²) in [6.45, 7) is 5.25. The molecule has 0 aliphatic heterocycles. The molecule has 0 fully saturated rings. The fourth-order valence-electron chi connectivity index (χ4n) is 2.07. The van der Waals surface area contributed by atoms with Crippen LogP contribution in [0.5, 0.6) is 0 Å². The van der Waals surface area contributed by atoms with E-state index in [1.807, 2.05) is 18.3 Å². The van der Waals surface area contributed by atoms with Gasteiger partial charge in [-0.1, -0.05) is 13.0 Å². The summed E-state index contributed by atoms with van der Waals surface area (Å²) in [7, 11) is 0. The highest BCUT2D eigenvalue weighted by Crippen LogP contribution is 2.22. The van der Waals surface area contributed by atoms with E-state index >= 15 is 0 Å². The Labute approximate surface area is 108 Å². The van der Waals surface area contributed by atoms with Crippen LogP contribution in [0.4, 0.5) is 0 Å². The monoisotopic (exact) mass is 244 g/mol. The standard InChI is InChI=1S/C15H20N2O/c1-3-7-17-14(15-12(2)6-9-18-15)10-13-5-4-8-16-11-13/h4-6,8-9,11,14,17H,3,7,10H2,1-2H3. The molecule has 96 valence electrons. The molecular weight excluding hydrogens is 224 g/mol. The summed E-state index contributed by atoms with van der Waals surface area (Å²) in [5, 5.41) is 3.54. The van der Waals surface area contributed by atoms with Crippen LogP contribution < -0.4 is 5.32 Å². The fraction of sp³-hybridized carbons (Fsp3) is 0.400. The summed E-state index contributed by atoms with van der Waals surface area (Å²) < 4.78 is 5.61. The Morgan fingerprint density at radius 3 is 2.89 bits per heavy atom. The van der Waals surface area contributed by atoms with Crippen molar-refractivity contribution >= 4 is 0 Å². The Balaban J connectivity index is 2.13. The molecule has 3 heteroatoms. The predicted molar refractivity (Wildman–Crippen MR) is 72.4 cm³/mol. The van der Waals surface area contributed by atoms with Crippen LogP contribution in [0.25, 0.3) is 0 Å². The Kier molecular flexibility index (Phi) is 4.53. The van der Waals surface area contributed by atoms with Gasteiger partial charge in [0.15, 0.2) is 0 Å². The van der Waals surface area contributed by atoms with Gasteiger partial charge in [-0.25, -0.2) is 0 Å². The number of aromatic nitrogens is 1. The van der Waals surface area contributed by atoms with Gasteiger partial charge in [0.25, 0.3) is 0 Å². The Bertz CT molecular complexity index is 464. The molecule has 2 aromatic rings. The van der Waals surface area contributed by atoms with Crippen molar-refractivity contribution in [2.24, 2.45) is 0 Å². The predicted octanol–water partition coefficient (Wildman–Crippen LogP) is 3.27. The molecule has 2 aromatic heterocycles. The van der Waals surface area contributed by atoms with Gasteiger partial charge in [-0.3, -0.25) is 4.98 Å². The minimum absolute atomic E-state index is 0.226. The van der Waals surface area contributed by atoms with Crippen LogP contribution in [0.3, 0.4) is 0 Å². The Morgan fingerprint density at radius 1 is 1.39 bits per heavy atom. The van der Waals surface area contributed by atoms with Gasteiger partial charge in [0.2, 0.25) is 0 Å². The molecule has 0 amide bonds. The third kappa shape index (κ3) is 3.20. The second-order valence-electron chi connectivity index (χ2n) is 4.54. The number of rotatable bonds is 6. The molecular formula is C15H20N2O. The van der Waals surface area contributed by atoms with Crippen molar-refractivity contribution in [3.63, 3.8) is 0 Å². The largest absolute Gasteiger partial charge is 0.467 e. The van der Waals surface area contributed by atoms with Crippen molar-refractivity contribution < 1.29 is 4.42 Å². The highest BCUT2D eigenvalue weighted by Gasteiger charge is 2.16. The Hall–Kier alpha value is -1.61. The highest BCUT2D eigenvalue weighted by atomic mass is 16.3. The second kappa shape index (κ2) is 6.36. The summed E-state index contributed by atoms with van der Waals surface area (Å²) in [5.74, 6) is 1.03. The van der Waals surface area contributed by atoms with Gasteiger partial charge in [-0.2, -0.15) is 0 Å². The molecule has 0 aliphatic carbocycles. The summed E-state index contributed by atoms with van der Waals surface area (Å²) in [6.07, 6.45) is 7.50. The summed E-state index contributed by atoms with van der Waals surface area (Å²) in [4.78, 5) is 4.16. The van der Waals surface area contributed by atoms with Crippen molar-refractivity contribution in [1.82, 2.24) is 10.3 Å². The van der Waals surface area contributed by atoms with Crippen LogP contribution in [0.15, 0.2) is 41.3 Å². The molecule has 1 N–H and O–H groups in total. The van der Waals surface area contributed by atoms with E-state index in [1.54, 1.807) is 12.5 Å². The van der Waals surface area contributed by atoms with E-state index in [0.29, 0.717) is 0 Å². The van der Waals surface area contributed by atoms with Crippen LogP contribution in [-0.2, 0) is 6.42 Å². The first-order valence-corrected chi connectivity index (χ1v) is 6.47. The molecule has 0 saturated carbocycles. The first-order chi connectivity index (χ1) is 8.81. The lowest BCUT2D eigenvalue weighted by molar-refractivity contribution is 0.407. The van der Waals surface area contributed by atoms with Crippen molar-refractivity contribution in [3.05, 3.63) is 53.7 Å². The summed E-state index contributed by atoms with van der Waals surface area (Å²) >= 11 is 0. The van der Waals surface area contributed by atoms with Crippen LogP contribution in [0, 0.1) is 6.92 Å². The van der Waals surface area contributed by atoms with Crippen LogP contribution in [0.1, 0.15) is 36.3 Å². The Morgan fingerprint density at radius 2 is 2.28 bits per heavy atom. The minimum atomic E-state index is 0.226. The molecule has 0 aliphatic rings. The maximum Gasteiger partial charge on any atom is 0.123 e. The van der Waals surface area contributed by atoms with E-state index in [-0.39, 0.29) is 6.04 Å². The van der Waals surface area contributed by atoms with Crippen molar-refractivity contribution in [2.75, 3.05) is 6.54 Å². The lowest BCUT2D eigenvalue weighted by Gasteiger charge is -2.17. The van der Waals surface area contributed by atoms with Crippen LogP contribution in [0.2, 0.25) is 0 Å². The van der Waals surface area contributed by atoms with Gasteiger partial charge in [0.05, 0.1) is 12.3 Å². The van der Waals surface area contributed by atoms with Crippen LogP contribution >= 0.6 is 0 Å². The third-order valence-corrected chi connectivity index (χ3v) is 3.02. The lowest BCUT2D eigenvalue weighted by Crippen LogP contribution is -2.24. The molecule has 2 heterocycles. The minimum Gasteiger partial charge on any atom is -0.467 e. The molecule has 0 spiro atoms. The zero-order chi connectivity index (χ0) is 12.8. The number of hydrogen-bond acceptors (Lipinski definition) is 3. The first kappa shape index (κ1) is 12.8. The van der Waals surface area contributed by atoms with Crippen LogP contribution in [-0.4, -0.2) is 11.5 Å². The summed E-state index contributed by atoms with van der Waals surface area (Å²) in [6, 6.07) is 6.32. The maximum atomic E-state index is 5.61. The molecule has 0 saturated heterocycles. The number of nitrogens with one attached hydrogen (secondary N) is 1. The van der Waals surface area contributed by atoms with E-state index in [2.05, 4.69) is 30.2 Å². The van der Waals surface area contributed by atoms with E-state index in [4.69, 9.17) is 4.42 Å². The number of hydrogen-bond donors (Lipinski definition) is 1. The van der Waals surface area contributed by atoms with Gasteiger partial charge in [0, 0.05) is 12.4 Å². The zero-order valence-corrected chi connectivity index (χ0v) is 11.0. The SMILES string of the molecule is CCCNC(Cc1cccnc1)c1occc1C. The van der Waals surface area contributed by atoms with Crippen molar-refractivity contribution in [1.29, 1.82) is 0 Å². The second-order valence-corrected chi connectivity index (χ2v) is 4.54. The van der Waals surface area contributed by atoms with Gasteiger partial charge < -0.3 is 9.73 Å². The molecule has 3 nitrogen and oxygen atoms in total. The molecule has 0 radical (unpaired) electrons. The highest BCUT2D eigenvalue weighted by molar-refractivity contribution is 5.21. The molecule has 0 bridgehead atoms. The summed E-state index contributed by atoms with van der Waals surface area (Å²) in [5.41, 5.74) is 2.43. The molecule has 1 unspecified atom stereocenters. The fourth-order valence-corrected chi connectivity index (χ4v) is 2.07. The van der Waals surface area contributed by atoms with Gasteiger partial charge in [-0.15, -0.1) is 0 Å². The average Bonchev–Trinajstić information content (AvgIpc) is 2.82. The average molecular weight is 244 g/mol. The quantitative estimate of drug-likeness (QED) is 0.847. The number of furan rings is 1.